The van der Waals surface area contributed by atoms with Crippen molar-refractivity contribution in [3.63, 3.8) is 0 Å². The normalized spacial score (nSPS) is 13.7. The SMILES string of the molecule is CCSc1nnc(S[C@H](C)C(=O)Nc2ccnn2[C@H](C)CC)s1. The summed E-state index contributed by atoms with van der Waals surface area (Å²) in [4.78, 5) is 12.4. The average Bonchev–Trinajstić information content (AvgIpc) is 3.16. The number of amides is 1. The first-order valence-corrected chi connectivity index (χ1v) is 10.2. The molecule has 0 spiro atoms. The zero-order valence-electron chi connectivity index (χ0n) is 13.6. The summed E-state index contributed by atoms with van der Waals surface area (Å²) in [5.41, 5.74) is 0. The molecule has 0 saturated heterocycles. The fraction of sp³-hybridized carbons (Fsp3) is 0.571. The summed E-state index contributed by atoms with van der Waals surface area (Å²) in [6, 6.07) is 2.07. The number of rotatable bonds is 8. The van der Waals surface area contributed by atoms with E-state index in [-0.39, 0.29) is 17.2 Å². The average molecular weight is 372 g/mol. The molecule has 0 aliphatic heterocycles. The molecule has 0 saturated carbocycles. The third-order valence-corrected chi connectivity index (χ3v) is 6.36. The van der Waals surface area contributed by atoms with Crippen molar-refractivity contribution in [1.29, 1.82) is 0 Å². The van der Waals surface area contributed by atoms with Crippen LogP contribution in [-0.2, 0) is 4.79 Å². The van der Waals surface area contributed by atoms with Gasteiger partial charge in [-0.05, 0) is 26.0 Å². The fourth-order valence-electron chi connectivity index (χ4n) is 1.80. The van der Waals surface area contributed by atoms with Gasteiger partial charge in [0.15, 0.2) is 8.68 Å². The molecule has 1 N–H and O–H groups in total. The summed E-state index contributed by atoms with van der Waals surface area (Å²) in [7, 11) is 0. The van der Waals surface area contributed by atoms with Crippen LogP contribution in [0.5, 0.6) is 0 Å². The van der Waals surface area contributed by atoms with Crippen LogP contribution in [0, 0.1) is 0 Å². The van der Waals surface area contributed by atoms with E-state index in [1.165, 1.54) is 23.1 Å². The van der Waals surface area contributed by atoms with Crippen LogP contribution in [0.2, 0.25) is 0 Å². The van der Waals surface area contributed by atoms with E-state index < -0.39 is 0 Å². The van der Waals surface area contributed by atoms with Gasteiger partial charge in [-0.15, -0.1) is 10.2 Å². The van der Waals surface area contributed by atoms with Crippen molar-refractivity contribution < 1.29 is 4.79 Å². The number of nitrogens with one attached hydrogen (secondary N) is 1. The highest BCUT2D eigenvalue weighted by molar-refractivity contribution is 8.03. The van der Waals surface area contributed by atoms with Gasteiger partial charge in [0.05, 0.1) is 17.5 Å². The molecule has 126 valence electrons. The van der Waals surface area contributed by atoms with E-state index in [1.54, 1.807) is 18.0 Å². The molecule has 2 atom stereocenters. The number of thioether (sulfide) groups is 2. The van der Waals surface area contributed by atoms with E-state index in [9.17, 15) is 4.79 Å². The smallest absolute Gasteiger partial charge is 0.238 e. The van der Waals surface area contributed by atoms with Crippen molar-refractivity contribution in [3.8, 4) is 0 Å². The Morgan fingerprint density at radius 3 is 2.78 bits per heavy atom. The molecule has 2 rings (SSSR count). The Labute approximate surface area is 148 Å². The highest BCUT2D eigenvalue weighted by Gasteiger charge is 2.19. The van der Waals surface area contributed by atoms with Crippen LogP contribution < -0.4 is 5.32 Å². The Bertz CT molecular complexity index is 642. The molecule has 0 fully saturated rings. The summed E-state index contributed by atoms with van der Waals surface area (Å²) in [5, 5.41) is 15.2. The molecule has 0 aliphatic carbocycles. The number of carbonyl (C=O) groups is 1. The molecule has 6 nitrogen and oxygen atoms in total. The van der Waals surface area contributed by atoms with Gasteiger partial charge in [-0.1, -0.05) is 48.7 Å². The summed E-state index contributed by atoms with van der Waals surface area (Å²) < 4.78 is 3.60. The number of anilines is 1. The standard InChI is InChI=1S/C14H21N5OS3/c1-5-9(3)19-11(7-8-15-19)16-12(20)10(4)22-14-18-17-13(23-14)21-6-2/h7-10H,5-6H2,1-4H3,(H,16,20)/t9-,10-/m1/s1. The van der Waals surface area contributed by atoms with Crippen molar-refractivity contribution in [2.45, 2.75) is 54.1 Å². The van der Waals surface area contributed by atoms with Gasteiger partial charge in [0.1, 0.15) is 5.82 Å². The van der Waals surface area contributed by atoms with E-state index in [1.807, 2.05) is 17.7 Å². The maximum atomic E-state index is 12.4. The Hall–Kier alpha value is -1.06. The second-order valence-corrected chi connectivity index (χ2v) is 9.01. The summed E-state index contributed by atoms with van der Waals surface area (Å²) in [6.45, 7) is 8.13. The topological polar surface area (TPSA) is 72.7 Å². The lowest BCUT2D eigenvalue weighted by atomic mass is 10.3. The maximum Gasteiger partial charge on any atom is 0.238 e. The molecule has 1 amide bonds. The minimum absolute atomic E-state index is 0.0556. The predicted molar refractivity (Wildman–Crippen MR) is 97.5 cm³/mol. The monoisotopic (exact) mass is 371 g/mol. The lowest BCUT2D eigenvalue weighted by Crippen LogP contribution is -2.24. The fourth-order valence-corrected chi connectivity index (χ4v) is 4.86. The molecule has 0 radical (unpaired) electrons. The van der Waals surface area contributed by atoms with Gasteiger partial charge in [-0.2, -0.15) is 5.10 Å². The summed E-state index contributed by atoms with van der Waals surface area (Å²) in [6.07, 6.45) is 2.66. The van der Waals surface area contributed by atoms with Crippen LogP contribution in [0.3, 0.4) is 0 Å². The molecule has 0 aliphatic rings. The minimum Gasteiger partial charge on any atom is -0.310 e. The molecule has 0 unspecified atom stereocenters. The van der Waals surface area contributed by atoms with E-state index in [4.69, 9.17) is 0 Å². The lowest BCUT2D eigenvalue weighted by Gasteiger charge is -2.15. The summed E-state index contributed by atoms with van der Waals surface area (Å²) >= 11 is 4.62. The van der Waals surface area contributed by atoms with Crippen LogP contribution in [0.15, 0.2) is 20.9 Å². The van der Waals surface area contributed by atoms with E-state index in [0.29, 0.717) is 0 Å². The molecule has 2 aromatic rings. The van der Waals surface area contributed by atoms with Gasteiger partial charge in [0, 0.05) is 6.07 Å². The maximum absolute atomic E-state index is 12.4. The van der Waals surface area contributed by atoms with Gasteiger partial charge in [0.2, 0.25) is 5.91 Å². The number of hydrogen-bond acceptors (Lipinski definition) is 7. The first kappa shape index (κ1) is 18.3. The largest absolute Gasteiger partial charge is 0.310 e. The predicted octanol–water partition coefficient (Wildman–Crippen LogP) is 3.94. The van der Waals surface area contributed by atoms with Crippen molar-refractivity contribution in [2.75, 3.05) is 11.1 Å². The minimum atomic E-state index is -0.247. The van der Waals surface area contributed by atoms with Crippen molar-refractivity contribution >= 4 is 46.6 Å². The Kier molecular flexibility index (Phi) is 6.91. The van der Waals surface area contributed by atoms with Gasteiger partial charge in [-0.3, -0.25) is 4.79 Å². The first-order chi connectivity index (χ1) is 11.0. The molecule has 2 aromatic heterocycles. The van der Waals surface area contributed by atoms with Crippen LogP contribution in [0.4, 0.5) is 5.82 Å². The van der Waals surface area contributed by atoms with Gasteiger partial charge < -0.3 is 5.32 Å². The van der Waals surface area contributed by atoms with Crippen molar-refractivity contribution in [3.05, 3.63) is 12.3 Å². The van der Waals surface area contributed by atoms with Crippen molar-refractivity contribution in [2.24, 2.45) is 0 Å². The second-order valence-electron chi connectivity index (χ2n) is 4.93. The van der Waals surface area contributed by atoms with Crippen LogP contribution in [0.1, 0.15) is 40.2 Å². The molecule has 23 heavy (non-hydrogen) atoms. The first-order valence-electron chi connectivity index (χ1n) is 7.52. The number of carbonyl (C=O) groups excluding carboxylic acids is 1. The van der Waals surface area contributed by atoms with Crippen molar-refractivity contribution in [1.82, 2.24) is 20.0 Å². The Morgan fingerprint density at radius 1 is 1.35 bits per heavy atom. The third kappa shape index (κ3) is 4.95. The number of aromatic nitrogens is 4. The highest BCUT2D eigenvalue weighted by atomic mass is 32.2. The zero-order chi connectivity index (χ0) is 16.8. The number of nitrogens with zero attached hydrogens (tertiary/aromatic N) is 4. The molecule has 0 bridgehead atoms. The Balaban J connectivity index is 1.96. The molecular weight excluding hydrogens is 350 g/mol. The molecule has 2 heterocycles. The zero-order valence-corrected chi connectivity index (χ0v) is 16.1. The third-order valence-electron chi connectivity index (χ3n) is 3.23. The molecular formula is C14H21N5OS3. The quantitative estimate of drug-likeness (QED) is 0.709. The number of hydrogen-bond donors (Lipinski definition) is 1. The van der Waals surface area contributed by atoms with Crippen LogP contribution >= 0.6 is 34.9 Å². The van der Waals surface area contributed by atoms with E-state index >= 15 is 0 Å². The second kappa shape index (κ2) is 8.70. The van der Waals surface area contributed by atoms with Crippen LogP contribution in [0.25, 0.3) is 0 Å². The lowest BCUT2D eigenvalue weighted by molar-refractivity contribution is -0.115. The molecule has 0 aromatic carbocycles. The van der Waals surface area contributed by atoms with E-state index in [2.05, 4.69) is 41.4 Å². The van der Waals surface area contributed by atoms with Gasteiger partial charge in [-0.25, -0.2) is 4.68 Å². The van der Waals surface area contributed by atoms with Gasteiger partial charge >= 0.3 is 0 Å². The highest BCUT2D eigenvalue weighted by Crippen LogP contribution is 2.31. The van der Waals surface area contributed by atoms with Gasteiger partial charge in [0.25, 0.3) is 0 Å². The van der Waals surface area contributed by atoms with E-state index in [0.717, 1.165) is 26.7 Å². The summed E-state index contributed by atoms with van der Waals surface area (Å²) in [5.74, 6) is 1.64. The Morgan fingerprint density at radius 2 is 2.09 bits per heavy atom. The molecule has 9 heteroatoms. The van der Waals surface area contributed by atoms with Crippen LogP contribution in [-0.4, -0.2) is 36.9 Å².